The molecule has 1 aromatic carbocycles. The summed E-state index contributed by atoms with van der Waals surface area (Å²) < 4.78 is 0. The van der Waals surface area contributed by atoms with E-state index >= 15 is 0 Å². The average Bonchev–Trinajstić information content (AvgIpc) is 2.90. The van der Waals surface area contributed by atoms with Crippen molar-refractivity contribution in [3.8, 4) is 5.75 Å². The van der Waals surface area contributed by atoms with Crippen molar-refractivity contribution in [3.05, 3.63) is 29.8 Å². The molecule has 0 aliphatic carbocycles. The zero-order chi connectivity index (χ0) is 17.3. The van der Waals surface area contributed by atoms with Gasteiger partial charge in [-0.1, -0.05) is 12.1 Å². The van der Waals surface area contributed by atoms with Crippen molar-refractivity contribution in [2.24, 2.45) is 5.41 Å². The molecular weight excluding hydrogens is 308 g/mol. The second kappa shape index (κ2) is 6.43. The van der Waals surface area contributed by atoms with E-state index in [1.165, 1.54) is 11.8 Å². The van der Waals surface area contributed by atoms with Gasteiger partial charge in [-0.25, -0.2) is 4.79 Å². The molecule has 6 heteroatoms. The monoisotopic (exact) mass is 332 g/mol. The van der Waals surface area contributed by atoms with Gasteiger partial charge in [0, 0.05) is 20.0 Å². The highest BCUT2D eigenvalue weighted by atomic mass is 16.4. The molecule has 130 valence electrons. The predicted octanol–water partition coefficient (Wildman–Crippen LogP) is 1.68. The third-order valence-electron chi connectivity index (χ3n) is 5.43. The van der Waals surface area contributed by atoms with Crippen LogP contribution in [0, 0.1) is 5.41 Å². The minimum atomic E-state index is -0.899. The van der Waals surface area contributed by atoms with Crippen LogP contribution in [0.5, 0.6) is 5.75 Å². The predicted molar refractivity (Wildman–Crippen MR) is 88.5 cm³/mol. The Morgan fingerprint density at radius 3 is 2.54 bits per heavy atom. The lowest BCUT2D eigenvalue weighted by molar-refractivity contribution is -0.147. The van der Waals surface area contributed by atoms with Gasteiger partial charge in [-0.15, -0.1) is 0 Å². The van der Waals surface area contributed by atoms with Crippen LogP contribution in [0.25, 0.3) is 0 Å². The molecule has 0 aromatic heterocycles. The molecular formula is C18H24N2O4. The lowest BCUT2D eigenvalue weighted by atomic mass is 9.76. The van der Waals surface area contributed by atoms with Gasteiger partial charge in [0.1, 0.15) is 11.8 Å². The maximum Gasteiger partial charge on any atom is 0.326 e. The third kappa shape index (κ3) is 3.38. The first-order valence-electron chi connectivity index (χ1n) is 8.39. The van der Waals surface area contributed by atoms with E-state index in [0.29, 0.717) is 13.0 Å². The summed E-state index contributed by atoms with van der Waals surface area (Å²) in [5, 5.41) is 19.0. The highest BCUT2D eigenvalue weighted by Gasteiger charge is 2.48. The highest BCUT2D eigenvalue weighted by Crippen LogP contribution is 2.43. The highest BCUT2D eigenvalue weighted by molar-refractivity contribution is 5.83. The molecule has 2 saturated heterocycles. The fourth-order valence-corrected chi connectivity index (χ4v) is 4.07. The number of likely N-dealkylation sites (tertiary alicyclic amines) is 2. The summed E-state index contributed by atoms with van der Waals surface area (Å²) >= 11 is 0. The number of nitrogens with zero attached hydrogens (tertiary/aromatic N) is 2. The number of phenolic OH excluding ortho intramolecular Hbond substituents is 1. The van der Waals surface area contributed by atoms with E-state index < -0.39 is 12.0 Å². The molecule has 0 saturated carbocycles. The minimum Gasteiger partial charge on any atom is -0.508 e. The standard InChI is InChI=1S/C18H24N2O4/c1-13(21)20-12-18(10-16(20)17(23)24)5-7-19(8-6-18)11-14-3-2-4-15(22)9-14/h2-4,9,16,22H,5-8,10-12H2,1H3,(H,23,24)/t16-/m0/s1. The molecule has 2 fully saturated rings. The molecule has 2 aliphatic rings. The average molecular weight is 332 g/mol. The van der Waals surface area contributed by atoms with E-state index in [1.54, 1.807) is 12.1 Å². The molecule has 2 aliphatic heterocycles. The summed E-state index contributed by atoms with van der Waals surface area (Å²) in [6.45, 7) is 4.55. The summed E-state index contributed by atoms with van der Waals surface area (Å²) in [5.74, 6) is -0.774. The second-order valence-electron chi connectivity index (χ2n) is 7.15. The van der Waals surface area contributed by atoms with Crippen molar-refractivity contribution in [2.75, 3.05) is 19.6 Å². The molecule has 1 spiro atoms. The van der Waals surface area contributed by atoms with Gasteiger partial charge >= 0.3 is 5.97 Å². The minimum absolute atomic E-state index is 0.0654. The molecule has 6 nitrogen and oxygen atoms in total. The van der Waals surface area contributed by atoms with E-state index in [-0.39, 0.29) is 17.1 Å². The quantitative estimate of drug-likeness (QED) is 0.880. The maximum atomic E-state index is 11.8. The van der Waals surface area contributed by atoms with Crippen molar-refractivity contribution in [1.29, 1.82) is 0 Å². The SMILES string of the molecule is CC(=O)N1CC2(CCN(Cc3cccc(O)c3)CC2)C[C@H]1C(=O)O. The largest absolute Gasteiger partial charge is 0.508 e. The number of carbonyl (C=O) groups is 2. The number of aromatic hydroxyl groups is 1. The molecule has 0 unspecified atom stereocenters. The van der Waals surface area contributed by atoms with Crippen LogP contribution in [-0.4, -0.2) is 57.6 Å². The Morgan fingerprint density at radius 2 is 2.00 bits per heavy atom. The number of rotatable bonds is 3. The molecule has 24 heavy (non-hydrogen) atoms. The van der Waals surface area contributed by atoms with Crippen molar-refractivity contribution in [2.45, 2.75) is 38.8 Å². The summed E-state index contributed by atoms with van der Waals surface area (Å²) in [4.78, 5) is 27.1. The number of piperidine rings is 1. The van der Waals surface area contributed by atoms with Gasteiger partial charge in [0.2, 0.25) is 5.91 Å². The van der Waals surface area contributed by atoms with Crippen molar-refractivity contribution < 1.29 is 19.8 Å². The lowest BCUT2D eigenvalue weighted by Gasteiger charge is -2.39. The Bertz CT molecular complexity index is 614. The van der Waals surface area contributed by atoms with Gasteiger partial charge in [0.15, 0.2) is 0 Å². The van der Waals surface area contributed by atoms with Gasteiger partial charge in [0.25, 0.3) is 0 Å². The summed E-state index contributed by atoms with van der Waals surface area (Å²) in [6.07, 6.45) is 2.36. The van der Waals surface area contributed by atoms with Crippen molar-refractivity contribution in [1.82, 2.24) is 9.80 Å². The smallest absolute Gasteiger partial charge is 0.326 e. The molecule has 1 aromatic rings. The Kier molecular flexibility index (Phi) is 4.49. The van der Waals surface area contributed by atoms with Crippen molar-refractivity contribution in [3.63, 3.8) is 0 Å². The lowest BCUT2D eigenvalue weighted by Crippen LogP contribution is -2.42. The van der Waals surface area contributed by atoms with Gasteiger partial charge in [-0.2, -0.15) is 0 Å². The Balaban J connectivity index is 1.62. The zero-order valence-electron chi connectivity index (χ0n) is 13.9. The Morgan fingerprint density at radius 1 is 1.29 bits per heavy atom. The number of aliphatic carboxylic acids is 1. The number of phenols is 1. The Labute approximate surface area is 141 Å². The van der Waals surface area contributed by atoms with Crippen LogP contribution in [0.3, 0.4) is 0 Å². The van der Waals surface area contributed by atoms with Crippen LogP contribution in [0.2, 0.25) is 0 Å². The van der Waals surface area contributed by atoms with Gasteiger partial charge < -0.3 is 15.1 Å². The number of hydrogen-bond donors (Lipinski definition) is 2. The van der Waals surface area contributed by atoms with E-state index in [9.17, 15) is 19.8 Å². The van der Waals surface area contributed by atoms with Gasteiger partial charge in [-0.05, 0) is 55.5 Å². The van der Waals surface area contributed by atoms with Gasteiger partial charge in [0.05, 0.1) is 0 Å². The van der Waals surface area contributed by atoms with Crippen LogP contribution < -0.4 is 0 Å². The van der Waals surface area contributed by atoms with Crippen LogP contribution in [0.1, 0.15) is 31.7 Å². The van der Waals surface area contributed by atoms with E-state index in [2.05, 4.69) is 4.90 Å². The van der Waals surface area contributed by atoms with Crippen LogP contribution >= 0.6 is 0 Å². The first-order valence-corrected chi connectivity index (χ1v) is 8.39. The van der Waals surface area contributed by atoms with Crippen molar-refractivity contribution >= 4 is 11.9 Å². The molecule has 2 heterocycles. The van der Waals surface area contributed by atoms with E-state index in [0.717, 1.165) is 38.0 Å². The van der Waals surface area contributed by atoms with Gasteiger partial charge in [-0.3, -0.25) is 9.69 Å². The van der Waals surface area contributed by atoms with Crippen LogP contribution in [-0.2, 0) is 16.1 Å². The number of carboxylic acid groups (broad SMARTS) is 1. The molecule has 2 N–H and O–H groups in total. The molecule has 1 amide bonds. The molecule has 0 radical (unpaired) electrons. The fourth-order valence-electron chi connectivity index (χ4n) is 4.07. The topological polar surface area (TPSA) is 81.1 Å². The van der Waals surface area contributed by atoms with E-state index in [4.69, 9.17) is 0 Å². The Hall–Kier alpha value is -2.08. The summed E-state index contributed by atoms with van der Waals surface area (Å²) in [5.41, 5.74) is 1.01. The molecule has 1 atom stereocenters. The van der Waals surface area contributed by atoms with Crippen LogP contribution in [0.15, 0.2) is 24.3 Å². The number of hydrogen-bond acceptors (Lipinski definition) is 4. The number of carbonyl (C=O) groups excluding carboxylic acids is 1. The summed E-state index contributed by atoms with van der Waals surface area (Å²) in [7, 11) is 0. The zero-order valence-corrected chi connectivity index (χ0v) is 13.9. The number of benzene rings is 1. The maximum absolute atomic E-state index is 11.8. The first kappa shape index (κ1) is 16.8. The first-order chi connectivity index (χ1) is 11.4. The normalized spacial score (nSPS) is 23.5. The third-order valence-corrected chi connectivity index (χ3v) is 5.43. The van der Waals surface area contributed by atoms with Crippen LogP contribution in [0.4, 0.5) is 0 Å². The van der Waals surface area contributed by atoms with E-state index in [1.807, 2.05) is 12.1 Å². The number of amides is 1. The second-order valence-corrected chi connectivity index (χ2v) is 7.15. The molecule has 0 bridgehead atoms. The number of carboxylic acids is 1. The molecule has 3 rings (SSSR count). The summed E-state index contributed by atoms with van der Waals surface area (Å²) in [6, 6.07) is 6.60. The fraction of sp³-hybridized carbons (Fsp3) is 0.556.